The fourth-order valence-electron chi connectivity index (χ4n) is 3.28. The molecule has 3 N–H and O–H groups in total. The third-order valence-corrected chi connectivity index (χ3v) is 7.68. The summed E-state index contributed by atoms with van der Waals surface area (Å²) >= 11 is 1.33. The van der Waals surface area contributed by atoms with E-state index < -0.39 is 33.2 Å². The van der Waals surface area contributed by atoms with E-state index in [4.69, 9.17) is 5.73 Å². The van der Waals surface area contributed by atoms with E-state index in [2.05, 4.69) is 12.2 Å². The summed E-state index contributed by atoms with van der Waals surface area (Å²) in [6, 6.07) is 4.46. The Morgan fingerprint density at radius 1 is 1.29 bits per heavy atom. The number of benzene rings is 1. The average molecular weight is 425 g/mol. The molecular formula is C19H21FN2O4S2. The highest BCUT2D eigenvalue weighted by atomic mass is 32.2. The topological polar surface area (TPSA) is 106 Å². The molecule has 0 radical (unpaired) electrons. The summed E-state index contributed by atoms with van der Waals surface area (Å²) in [4.78, 5) is 25.2. The molecule has 1 aromatic carbocycles. The minimum absolute atomic E-state index is 0.0416. The van der Waals surface area contributed by atoms with Gasteiger partial charge in [0.2, 0.25) is 5.91 Å². The molecule has 28 heavy (non-hydrogen) atoms. The van der Waals surface area contributed by atoms with Gasteiger partial charge in [-0.15, -0.1) is 11.3 Å². The summed E-state index contributed by atoms with van der Waals surface area (Å²) < 4.78 is 37.6. The Morgan fingerprint density at radius 2 is 1.96 bits per heavy atom. The van der Waals surface area contributed by atoms with E-state index in [-0.39, 0.29) is 11.3 Å². The lowest BCUT2D eigenvalue weighted by Gasteiger charge is -2.18. The molecule has 2 aromatic rings. The lowest BCUT2D eigenvalue weighted by molar-refractivity contribution is -0.115. The third-order valence-electron chi connectivity index (χ3n) is 4.78. The van der Waals surface area contributed by atoms with Crippen LogP contribution in [0.15, 0.2) is 29.2 Å². The van der Waals surface area contributed by atoms with Crippen molar-refractivity contribution in [3.63, 3.8) is 0 Å². The lowest BCUT2D eigenvalue weighted by Crippen LogP contribution is -2.21. The molecule has 2 amide bonds. The van der Waals surface area contributed by atoms with E-state index in [1.807, 2.05) is 0 Å². The van der Waals surface area contributed by atoms with Crippen LogP contribution in [-0.4, -0.2) is 26.0 Å². The van der Waals surface area contributed by atoms with Gasteiger partial charge in [-0.25, -0.2) is 12.8 Å². The number of amides is 2. The number of nitrogens with one attached hydrogen (secondary N) is 1. The minimum atomic E-state index is -3.72. The fourth-order valence-corrected chi connectivity index (χ4v) is 5.95. The Bertz CT molecular complexity index is 1010. The number of carbonyl (C=O) groups is 2. The van der Waals surface area contributed by atoms with Crippen LogP contribution in [0.4, 0.5) is 9.39 Å². The molecule has 0 spiro atoms. The molecule has 0 aliphatic heterocycles. The summed E-state index contributed by atoms with van der Waals surface area (Å²) in [5.74, 6) is -1.57. The molecule has 150 valence electrons. The molecule has 0 unspecified atom stereocenters. The number of sulfone groups is 1. The van der Waals surface area contributed by atoms with Crippen molar-refractivity contribution in [3.8, 4) is 0 Å². The molecule has 3 rings (SSSR count). The quantitative estimate of drug-likeness (QED) is 0.695. The molecule has 1 atom stereocenters. The first-order chi connectivity index (χ1) is 13.2. The highest BCUT2D eigenvalue weighted by Gasteiger charge is 2.27. The second-order valence-corrected chi connectivity index (χ2v) is 10.2. The lowest BCUT2D eigenvalue weighted by atomic mass is 9.88. The molecule has 1 aliphatic rings. The van der Waals surface area contributed by atoms with Crippen LogP contribution in [0.1, 0.15) is 40.6 Å². The van der Waals surface area contributed by atoms with E-state index in [9.17, 15) is 22.4 Å². The summed E-state index contributed by atoms with van der Waals surface area (Å²) in [5.41, 5.74) is 6.74. The van der Waals surface area contributed by atoms with Crippen molar-refractivity contribution >= 4 is 38.0 Å². The molecule has 0 fully saturated rings. The van der Waals surface area contributed by atoms with E-state index >= 15 is 0 Å². The number of carbonyl (C=O) groups excluding carboxylic acids is 2. The number of fused-ring (bicyclic) bond motifs is 1. The van der Waals surface area contributed by atoms with Gasteiger partial charge in [0.15, 0.2) is 9.84 Å². The van der Waals surface area contributed by atoms with Crippen LogP contribution >= 0.6 is 11.3 Å². The Kier molecular flexibility index (Phi) is 5.85. The van der Waals surface area contributed by atoms with Crippen LogP contribution in [0.2, 0.25) is 0 Å². The van der Waals surface area contributed by atoms with Crippen LogP contribution in [-0.2, 0) is 27.5 Å². The second-order valence-electron chi connectivity index (χ2n) is 6.99. The zero-order valence-corrected chi connectivity index (χ0v) is 17.0. The predicted molar refractivity (Wildman–Crippen MR) is 106 cm³/mol. The van der Waals surface area contributed by atoms with Crippen LogP contribution in [0.25, 0.3) is 0 Å². The van der Waals surface area contributed by atoms with Gasteiger partial charge in [0.1, 0.15) is 10.8 Å². The van der Waals surface area contributed by atoms with E-state index in [0.717, 1.165) is 41.8 Å². The molecule has 6 nitrogen and oxygen atoms in total. The third kappa shape index (κ3) is 4.41. The maximum absolute atomic E-state index is 13.0. The van der Waals surface area contributed by atoms with Gasteiger partial charge in [-0.05, 0) is 55.0 Å². The predicted octanol–water partition coefficient (Wildman–Crippen LogP) is 2.91. The monoisotopic (exact) mass is 424 g/mol. The van der Waals surface area contributed by atoms with Gasteiger partial charge < -0.3 is 11.1 Å². The smallest absolute Gasteiger partial charge is 0.251 e. The number of primary amides is 1. The van der Waals surface area contributed by atoms with Crippen molar-refractivity contribution in [2.24, 2.45) is 11.7 Å². The van der Waals surface area contributed by atoms with Gasteiger partial charge in [-0.2, -0.15) is 0 Å². The Hall–Kier alpha value is -2.26. The number of thiophene rings is 1. The van der Waals surface area contributed by atoms with Gasteiger partial charge >= 0.3 is 0 Å². The van der Waals surface area contributed by atoms with Gasteiger partial charge in [0.05, 0.1) is 16.2 Å². The SMILES string of the molecule is C[C@H]1CCc2c(sc(NC(=O)CCS(=O)(=O)c3ccc(F)cc3)c2C(N)=O)C1. The van der Waals surface area contributed by atoms with Crippen LogP contribution in [0.5, 0.6) is 0 Å². The minimum Gasteiger partial charge on any atom is -0.365 e. The number of hydrogen-bond acceptors (Lipinski definition) is 5. The highest BCUT2D eigenvalue weighted by molar-refractivity contribution is 7.91. The zero-order valence-electron chi connectivity index (χ0n) is 15.3. The molecule has 1 heterocycles. The fraction of sp³-hybridized carbons (Fsp3) is 0.368. The van der Waals surface area contributed by atoms with Crippen molar-refractivity contribution < 1.29 is 22.4 Å². The molecule has 0 bridgehead atoms. The van der Waals surface area contributed by atoms with Crippen molar-refractivity contribution in [2.45, 2.75) is 37.5 Å². The maximum Gasteiger partial charge on any atom is 0.251 e. The molecule has 9 heteroatoms. The van der Waals surface area contributed by atoms with E-state index in [1.165, 1.54) is 23.5 Å². The average Bonchev–Trinajstić information content (AvgIpc) is 2.97. The zero-order chi connectivity index (χ0) is 20.5. The van der Waals surface area contributed by atoms with Crippen molar-refractivity contribution in [1.29, 1.82) is 0 Å². The van der Waals surface area contributed by atoms with Crippen molar-refractivity contribution in [3.05, 3.63) is 46.1 Å². The number of anilines is 1. The van der Waals surface area contributed by atoms with Gasteiger partial charge in [0, 0.05) is 11.3 Å². The molecule has 1 aromatic heterocycles. The highest BCUT2D eigenvalue weighted by Crippen LogP contribution is 2.39. The summed E-state index contributed by atoms with van der Waals surface area (Å²) in [7, 11) is -3.72. The summed E-state index contributed by atoms with van der Waals surface area (Å²) in [5, 5.41) is 3.04. The molecule has 1 aliphatic carbocycles. The van der Waals surface area contributed by atoms with Crippen LogP contribution < -0.4 is 11.1 Å². The molecule has 0 saturated heterocycles. The normalized spacial score (nSPS) is 16.4. The number of rotatable bonds is 6. The summed E-state index contributed by atoms with van der Waals surface area (Å²) in [6.07, 6.45) is 2.24. The molecular weight excluding hydrogens is 403 g/mol. The largest absolute Gasteiger partial charge is 0.365 e. The number of halogens is 1. The number of hydrogen-bond donors (Lipinski definition) is 2. The van der Waals surface area contributed by atoms with E-state index in [1.54, 1.807) is 0 Å². The standard InChI is InChI=1S/C19H21FN2O4S2/c1-11-2-7-14-15(10-11)27-19(17(14)18(21)24)22-16(23)8-9-28(25,26)13-5-3-12(20)4-6-13/h3-6,11H,2,7-10H2,1H3,(H2,21,24)(H,22,23)/t11-/m0/s1. The van der Waals surface area contributed by atoms with Crippen LogP contribution in [0.3, 0.4) is 0 Å². The first kappa shape index (κ1) is 20.5. The number of nitrogens with two attached hydrogens (primary N) is 1. The van der Waals surface area contributed by atoms with Gasteiger partial charge in [0.25, 0.3) is 5.91 Å². The van der Waals surface area contributed by atoms with Crippen molar-refractivity contribution in [2.75, 3.05) is 11.1 Å². The molecule has 0 saturated carbocycles. The summed E-state index contributed by atoms with van der Waals surface area (Å²) in [6.45, 7) is 2.13. The van der Waals surface area contributed by atoms with Crippen LogP contribution in [0, 0.1) is 11.7 Å². The first-order valence-corrected chi connectivity index (χ1v) is 11.4. The van der Waals surface area contributed by atoms with Gasteiger partial charge in [-0.1, -0.05) is 6.92 Å². The van der Waals surface area contributed by atoms with E-state index in [0.29, 0.717) is 16.5 Å². The van der Waals surface area contributed by atoms with Gasteiger partial charge in [-0.3, -0.25) is 9.59 Å². The first-order valence-electron chi connectivity index (χ1n) is 8.90. The Balaban J connectivity index is 1.71. The second kappa shape index (κ2) is 8.00. The maximum atomic E-state index is 13.0. The Morgan fingerprint density at radius 3 is 2.61 bits per heavy atom. The van der Waals surface area contributed by atoms with Crippen molar-refractivity contribution in [1.82, 2.24) is 0 Å². The Labute approximate surface area is 166 Å².